The Morgan fingerprint density at radius 1 is 1.25 bits per heavy atom. The van der Waals surface area contributed by atoms with Crippen molar-refractivity contribution in [2.45, 2.75) is 26.1 Å². The normalized spacial score (nSPS) is 11.7. The lowest BCUT2D eigenvalue weighted by Gasteiger charge is -2.25. The molecule has 6 heteroatoms. The first-order valence-electron chi connectivity index (χ1n) is 6.64. The lowest BCUT2D eigenvalue weighted by atomic mass is 10.1. The van der Waals surface area contributed by atoms with Gasteiger partial charge in [0.25, 0.3) is 0 Å². The van der Waals surface area contributed by atoms with Crippen molar-refractivity contribution in [2.24, 2.45) is 0 Å². The fraction of sp³-hybridized carbons (Fsp3) is 0.571. The van der Waals surface area contributed by atoms with Crippen LogP contribution in [0.1, 0.15) is 24.5 Å². The predicted octanol–water partition coefficient (Wildman–Crippen LogP) is 2.63. The van der Waals surface area contributed by atoms with E-state index in [0.29, 0.717) is 18.8 Å². The summed E-state index contributed by atoms with van der Waals surface area (Å²) in [6.45, 7) is 2.98. The summed E-state index contributed by atoms with van der Waals surface area (Å²) in [4.78, 5) is 1.76. The number of hydrogen-bond acceptors (Lipinski definition) is 3. The summed E-state index contributed by atoms with van der Waals surface area (Å²) in [5.41, 5.74) is 0.0978. The molecule has 0 saturated carbocycles. The molecule has 0 aromatic heterocycles. The zero-order valence-corrected chi connectivity index (χ0v) is 11.8. The van der Waals surface area contributed by atoms with Crippen molar-refractivity contribution in [3.8, 4) is 0 Å². The van der Waals surface area contributed by atoms with E-state index in [1.807, 2.05) is 6.92 Å². The number of hydrogen-bond donors (Lipinski definition) is 2. The smallest absolute Gasteiger partial charge is 0.395 e. The van der Waals surface area contributed by atoms with Crippen molar-refractivity contribution in [3.05, 3.63) is 29.3 Å². The number of nitrogens with one attached hydrogen (secondary N) is 1. The van der Waals surface area contributed by atoms with Crippen LogP contribution in [-0.2, 0) is 12.7 Å². The van der Waals surface area contributed by atoms with Gasteiger partial charge in [0.1, 0.15) is 0 Å². The maximum Gasteiger partial charge on any atom is 0.416 e. The van der Waals surface area contributed by atoms with Crippen molar-refractivity contribution in [1.82, 2.24) is 5.32 Å². The van der Waals surface area contributed by atoms with Gasteiger partial charge < -0.3 is 15.3 Å². The fourth-order valence-electron chi connectivity index (χ4n) is 2.13. The van der Waals surface area contributed by atoms with Gasteiger partial charge in [-0.1, -0.05) is 13.0 Å². The second kappa shape index (κ2) is 7.50. The molecule has 0 bridgehead atoms. The van der Waals surface area contributed by atoms with Crippen LogP contribution in [0.5, 0.6) is 0 Å². The van der Waals surface area contributed by atoms with Crippen LogP contribution in [0.2, 0.25) is 0 Å². The highest BCUT2D eigenvalue weighted by atomic mass is 19.4. The van der Waals surface area contributed by atoms with Gasteiger partial charge in [0.05, 0.1) is 12.2 Å². The molecule has 0 aliphatic heterocycles. The maximum atomic E-state index is 13.1. The zero-order valence-electron chi connectivity index (χ0n) is 11.8. The van der Waals surface area contributed by atoms with Crippen molar-refractivity contribution in [2.75, 3.05) is 31.6 Å². The molecule has 0 amide bonds. The Balaban J connectivity index is 3.16. The van der Waals surface area contributed by atoms with Crippen LogP contribution in [0.25, 0.3) is 0 Å². The van der Waals surface area contributed by atoms with E-state index >= 15 is 0 Å². The lowest BCUT2D eigenvalue weighted by molar-refractivity contribution is -0.138. The minimum absolute atomic E-state index is 0.0837. The van der Waals surface area contributed by atoms with Gasteiger partial charge in [-0.15, -0.1) is 0 Å². The average molecular weight is 290 g/mol. The summed E-state index contributed by atoms with van der Waals surface area (Å²) < 4.78 is 39.3. The summed E-state index contributed by atoms with van der Waals surface area (Å²) in [7, 11) is 1.61. The van der Waals surface area contributed by atoms with Crippen molar-refractivity contribution >= 4 is 5.69 Å². The zero-order chi connectivity index (χ0) is 15.2. The maximum absolute atomic E-state index is 13.1. The molecular weight excluding hydrogens is 269 g/mol. The number of benzene rings is 1. The average Bonchev–Trinajstić information content (AvgIpc) is 2.38. The molecule has 1 rings (SSSR count). The van der Waals surface area contributed by atoms with Crippen molar-refractivity contribution in [3.63, 3.8) is 0 Å². The lowest BCUT2D eigenvalue weighted by Crippen LogP contribution is -2.28. The van der Waals surface area contributed by atoms with Crippen LogP contribution in [0, 0.1) is 0 Å². The molecule has 0 spiro atoms. The molecule has 0 aliphatic carbocycles. The molecule has 0 fully saturated rings. The van der Waals surface area contributed by atoms with Crippen LogP contribution in [0.4, 0.5) is 18.9 Å². The standard InChI is InChI=1S/C14H21F3N2O/c1-3-6-19(7-8-20)12-5-4-11(10-18-2)13(9-12)14(15,16)17/h4-5,9,18,20H,3,6-8,10H2,1-2H3. The van der Waals surface area contributed by atoms with Crippen molar-refractivity contribution in [1.29, 1.82) is 0 Å². The molecule has 3 nitrogen and oxygen atoms in total. The van der Waals surface area contributed by atoms with E-state index in [1.165, 1.54) is 6.07 Å². The minimum Gasteiger partial charge on any atom is -0.395 e. The molecule has 1 aromatic rings. The van der Waals surface area contributed by atoms with Crippen molar-refractivity contribution < 1.29 is 18.3 Å². The molecule has 0 radical (unpaired) electrons. The molecule has 2 N–H and O–H groups in total. The molecule has 0 unspecified atom stereocenters. The number of anilines is 1. The van der Waals surface area contributed by atoms with Gasteiger partial charge in [0, 0.05) is 25.3 Å². The topological polar surface area (TPSA) is 35.5 Å². The molecule has 1 aromatic carbocycles. The highest BCUT2D eigenvalue weighted by molar-refractivity contribution is 5.52. The third kappa shape index (κ3) is 4.38. The van der Waals surface area contributed by atoms with Crippen LogP contribution in [0.3, 0.4) is 0 Å². The minimum atomic E-state index is -4.38. The first kappa shape index (κ1) is 16.8. The van der Waals surface area contributed by atoms with Crippen LogP contribution in [0.15, 0.2) is 18.2 Å². The van der Waals surface area contributed by atoms with E-state index in [4.69, 9.17) is 5.11 Å². The van der Waals surface area contributed by atoms with Gasteiger partial charge in [-0.05, 0) is 31.2 Å². The van der Waals surface area contributed by atoms with Crippen LogP contribution >= 0.6 is 0 Å². The number of nitrogens with zero attached hydrogens (tertiary/aromatic N) is 1. The Labute approximate surface area is 117 Å². The molecule has 20 heavy (non-hydrogen) atoms. The molecular formula is C14H21F3N2O. The van der Waals surface area contributed by atoms with Gasteiger partial charge >= 0.3 is 6.18 Å². The monoisotopic (exact) mass is 290 g/mol. The van der Waals surface area contributed by atoms with Crippen LogP contribution in [-0.4, -0.2) is 31.9 Å². The predicted molar refractivity (Wildman–Crippen MR) is 73.8 cm³/mol. The number of aliphatic hydroxyl groups is 1. The van der Waals surface area contributed by atoms with E-state index in [1.54, 1.807) is 18.0 Å². The molecule has 0 heterocycles. The summed E-state index contributed by atoms with van der Waals surface area (Å²) >= 11 is 0. The summed E-state index contributed by atoms with van der Waals surface area (Å²) in [5.74, 6) is 0. The molecule has 114 valence electrons. The summed E-state index contributed by atoms with van der Waals surface area (Å²) in [5, 5.41) is 11.8. The third-order valence-electron chi connectivity index (χ3n) is 2.99. The first-order chi connectivity index (χ1) is 9.43. The second-order valence-electron chi connectivity index (χ2n) is 4.58. The number of alkyl halides is 3. The second-order valence-corrected chi connectivity index (χ2v) is 4.58. The number of rotatable bonds is 7. The van der Waals surface area contributed by atoms with Gasteiger partial charge in [-0.3, -0.25) is 0 Å². The van der Waals surface area contributed by atoms with Gasteiger partial charge in [0.2, 0.25) is 0 Å². The third-order valence-corrected chi connectivity index (χ3v) is 2.99. The highest BCUT2D eigenvalue weighted by Crippen LogP contribution is 2.34. The quantitative estimate of drug-likeness (QED) is 0.810. The van der Waals surface area contributed by atoms with E-state index in [-0.39, 0.29) is 18.7 Å². The Hall–Kier alpha value is -1.27. The molecule has 0 saturated heterocycles. The molecule has 0 aliphatic rings. The summed E-state index contributed by atoms with van der Waals surface area (Å²) in [6, 6.07) is 4.33. The summed E-state index contributed by atoms with van der Waals surface area (Å²) in [6.07, 6.45) is -3.57. The largest absolute Gasteiger partial charge is 0.416 e. The molecule has 0 atom stereocenters. The van der Waals surface area contributed by atoms with E-state index in [2.05, 4.69) is 5.32 Å². The van der Waals surface area contributed by atoms with Crippen LogP contribution < -0.4 is 10.2 Å². The van der Waals surface area contributed by atoms with E-state index < -0.39 is 11.7 Å². The fourth-order valence-corrected chi connectivity index (χ4v) is 2.13. The number of halogens is 3. The van der Waals surface area contributed by atoms with Gasteiger partial charge in [0.15, 0.2) is 0 Å². The first-order valence-corrected chi connectivity index (χ1v) is 6.64. The van der Waals surface area contributed by atoms with Gasteiger partial charge in [-0.2, -0.15) is 13.2 Å². The Morgan fingerprint density at radius 3 is 2.45 bits per heavy atom. The highest BCUT2D eigenvalue weighted by Gasteiger charge is 2.33. The van der Waals surface area contributed by atoms with E-state index in [0.717, 1.165) is 12.5 Å². The van der Waals surface area contributed by atoms with E-state index in [9.17, 15) is 13.2 Å². The Morgan fingerprint density at radius 2 is 1.95 bits per heavy atom. The number of aliphatic hydroxyl groups excluding tert-OH is 1. The Kier molecular flexibility index (Phi) is 6.29. The Bertz CT molecular complexity index is 415. The van der Waals surface area contributed by atoms with Gasteiger partial charge in [-0.25, -0.2) is 0 Å². The SMILES string of the molecule is CCCN(CCO)c1ccc(CNC)c(C(F)(F)F)c1.